The minimum Gasteiger partial charge on any atom is -0.445 e. The highest BCUT2D eigenvalue weighted by molar-refractivity contribution is 5.81. The van der Waals surface area contributed by atoms with Gasteiger partial charge in [0, 0.05) is 12.1 Å². The third-order valence-corrected chi connectivity index (χ3v) is 2.65. The molecule has 2 aliphatic heterocycles. The zero-order valence-electron chi connectivity index (χ0n) is 7.83. The fourth-order valence-corrected chi connectivity index (χ4v) is 1.93. The molecule has 0 aromatic carbocycles. The first-order valence-corrected chi connectivity index (χ1v) is 4.63. The predicted octanol–water partition coefficient (Wildman–Crippen LogP) is 0.567. The van der Waals surface area contributed by atoms with Gasteiger partial charge in [0.15, 0.2) is 0 Å². The van der Waals surface area contributed by atoms with Gasteiger partial charge in [-0.3, -0.25) is 5.21 Å². The fourth-order valence-electron chi connectivity index (χ4n) is 1.93. The lowest BCUT2D eigenvalue weighted by Gasteiger charge is -2.18. The van der Waals surface area contributed by atoms with Crippen LogP contribution in [0.25, 0.3) is 5.57 Å². The molecule has 78 valence electrons. The lowest BCUT2D eigenvalue weighted by Crippen LogP contribution is -2.30. The first-order chi connectivity index (χ1) is 7.25. The monoisotopic (exact) mass is 207 g/mol. The number of urea groups is 1. The molecule has 2 amide bonds. The van der Waals surface area contributed by atoms with Crippen molar-refractivity contribution in [2.45, 2.75) is 6.04 Å². The molecule has 1 aromatic rings. The second kappa shape index (κ2) is 2.83. The summed E-state index contributed by atoms with van der Waals surface area (Å²) in [7, 11) is 0. The number of carbonyl (C=O) groups excluding carboxylic acids is 1. The van der Waals surface area contributed by atoms with Crippen LogP contribution >= 0.6 is 0 Å². The highest BCUT2D eigenvalue weighted by Gasteiger charge is 2.39. The Hall–Kier alpha value is -1.82. The third-order valence-electron chi connectivity index (χ3n) is 2.65. The van der Waals surface area contributed by atoms with Crippen molar-refractivity contribution in [2.24, 2.45) is 0 Å². The molecule has 15 heavy (non-hydrogen) atoms. The molecular weight excluding hydrogens is 198 g/mol. The smallest absolute Gasteiger partial charge is 0.344 e. The molecule has 2 aliphatic rings. The Morgan fingerprint density at radius 1 is 1.60 bits per heavy atom. The Morgan fingerprint density at radius 3 is 3.13 bits per heavy atom. The van der Waals surface area contributed by atoms with Crippen molar-refractivity contribution in [1.82, 2.24) is 14.9 Å². The number of aromatic nitrogens is 1. The number of nitrogens with zero attached hydrogens (tertiary/aromatic N) is 3. The second-order valence-corrected chi connectivity index (χ2v) is 3.60. The quantitative estimate of drug-likeness (QED) is 0.683. The Morgan fingerprint density at radius 2 is 2.47 bits per heavy atom. The van der Waals surface area contributed by atoms with Crippen LogP contribution < -0.4 is 0 Å². The topological polar surface area (TPSA) is 69.8 Å². The van der Waals surface area contributed by atoms with Crippen LogP contribution in [-0.4, -0.2) is 45.3 Å². The Kier molecular flexibility index (Phi) is 1.60. The standard InChI is InChI=1S/C9H9N3O3/c13-9-11-4-6(8-10-1-2-15-8)3-7(5-11)12(9)14/h1-3,7,14H,4-5H2. The van der Waals surface area contributed by atoms with Crippen molar-refractivity contribution in [1.29, 1.82) is 0 Å². The van der Waals surface area contributed by atoms with E-state index in [9.17, 15) is 10.0 Å². The summed E-state index contributed by atoms with van der Waals surface area (Å²) in [6, 6.07) is -0.647. The lowest BCUT2D eigenvalue weighted by atomic mass is 10.1. The lowest BCUT2D eigenvalue weighted by molar-refractivity contribution is -0.0450. The normalized spacial score (nSPS) is 24.7. The van der Waals surface area contributed by atoms with Crippen molar-refractivity contribution < 1.29 is 14.4 Å². The van der Waals surface area contributed by atoms with Gasteiger partial charge in [-0.25, -0.2) is 9.78 Å². The van der Waals surface area contributed by atoms with Crippen LogP contribution in [-0.2, 0) is 0 Å². The molecule has 1 atom stereocenters. The zero-order chi connectivity index (χ0) is 10.4. The minimum atomic E-state index is -0.363. The molecule has 3 rings (SSSR count). The molecule has 1 unspecified atom stereocenters. The number of oxazole rings is 1. The Bertz CT molecular complexity index is 426. The number of carbonyl (C=O) groups is 1. The van der Waals surface area contributed by atoms with Crippen molar-refractivity contribution in [3.8, 4) is 0 Å². The highest BCUT2D eigenvalue weighted by atomic mass is 16.5. The summed E-state index contributed by atoms with van der Waals surface area (Å²) in [5.41, 5.74) is 0.834. The first kappa shape index (κ1) is 8.49. The number of fused-ring (bicyclic) bond motifs is 2. The van der Waals surface area contributed by atoms with Crippen LogP contribution in [0.1, 0.15) is 5.89 Å². The summed E-state index contributed by atoms with van der Waals surface area (Å²) in [5, 5.41) is 10.2. The van der Waals surface area contributed by atoms with Crippen LogP contribution in [0.15, 0.2) is 23.0 Å². The van der Waals surface area contributed by atoms with Crippen molar-refractivity contribution in [3.05, 3.63) is 24.4 Å². The van der Waals surface area contributed by atoms with Gasteiger partial charge in [-0.1, -0.05) is 0 Å². The van der Waals surface area contributed by atoms with E-state index in [-0.39, 0.29) is 12.1 Å². The first-order valence-electron chi connectivity index (χ1n) is 4.63. The molecule has 2 bridgehead atoms. The van der Waals surface area contributed by atoms with Crippen molar-refractivity contribution in [3.63, 3.8) is 0 Å². The molecule has 1 N–H and O–H groups in total. The van der Waals surface area contributed by atoms with E-state index in [1.54, 1.807) is 11.1 Å². The Balaban J connectivity index is 1.96. The molecule has 6 nitrogen and oxygen atoms in total. The molecule has 3 heterocycles. The number of rotatable bonds is 1. The summed E-state index contributed by atoms with van der Waals surface area (Å²) in [4.78, 5) is 17.0. The molecule has 0 saturated carbocycles. The van der Waals surface area contributed by atoms with Crippen LogP contribution in [0.2, 0.25) is 0 Å². The van der Waals surface area contributed by atoms with Gasteiger partial charge < -0.3 is 9.32 Å². The number of amides is 2. The summed E-state index contributed by atoms with van der Waals surface area (Å²) in [6.45, 7) is 0.965. The fraction of sp³-hybridized carbons (Fsp3) is 0.333. The van der Waals surface area contributed by atoms with Crippen LogP contribution in [0.4, 0.5) is 4.79 Å². The number of hydrogen-bond donors (Lipinski definition) is 1. The summed E-state index contributed by atoms with van der Waals surface area (Å²) >= 11 is 0. The molecule has 1 fully saturated rings. The second-order valence-electron chi connectivity index (χ2n) is 3.60. The highest BCUT2D eigenvalue weighted by Crippen LogP contribution is 2.27. The minimum absolute atomic E-state index is 0.284. The van der Waals surface area contributed by atoms with Crippen molar-refractivity contribution in [2.75, 3.05) is 13.1 Å². The molecular formula is C9H9N3O3. The van der Waals surface area contributed by atoms with Gasteiger partial charge in [0.05, 0.1) is 18.8 Å². The van der Waals surface area contributed by atoms with E-state index in [4.69, 9.17) is 4.42 Å². The van der Waals surface area contributed by atoms with Crippen LogP contribution in [0.3, 0.4) is 0 Å². The summed E-state index contributed by atoms with van der Waals surface area (Å²) in [6.07, 6.45) is 4.86. The van der Waals surface area contributed by atoms with E-state index in [1.807, 2.05) is 6.08 Å². The predicted molar refractivity (Wildman–Crippen MR) is 48.9 cm³/mol. The molecule has 0 spiro atoms. The van der Waals surface area contributed by atoms with E-state index in [1.165, 1.54) is 6.26 Å². The number of hydrogen-bond acceptors (Lipinski definition) is 4. The molecule has 1 aromatic heterocycles. The average Bonchev–Trinajstić information content (AvgIpc) is 2.84. The van der Waals surface area contributed by atoms with E-state index >= 15 is 0 Å². The van der Waals surface area contributed by atoms with Gasteiger partial charge in [0.2, 0.25) is 5.89 Å². The average molecular weight is 207 g/mol. The van der Waals surface area contributed by atoms with Gasteiger partial charge in [0.25, 0.3) is 0 Å². The van der Waals surface area contributed by atoms with Crippen molar-refractivity contribution >= 4 is 11.6 Å². The van der Waals surface area contributed by atoms with Gasteiger partial charge in [-0.2, -0.15) is 5.06 Å². The molecule has 0 radical (unpaired) electrons. The third kappa shape index (κ3) is 1.15. The molecule has 6 heteroatoms. The molecule has 1 saturated heterocycles. The van der Waals surface area contributed by atoms with E-state index < -0.39 is 0 Å². The van der Waals surface area contributed by atoms with Gasteiger partial charge in [0.1, 0.15) is 6.26 Å². The number of hydroxylamine groups is 2. The van der Waals surface area contributed by atoms with E-state index in [2.05, 4.69) is 4.98 Å². The van der Waals surface area contributed by atoms with Crippen LogP contribution in [0.5, 0.6) is 0 Å². The van der Waals surface area contributed by atoms with E-state index in [0.29, 0.717) is 19.0 Å². The zero-order valence-corrected chi connectivity index (χ0v) is 7.83. The maximum atomic E-state index is 11.4. The summed E-state index contributed by atoms with van der Waals surface area (Å²) in [5.74, 6) is 0.507. The molecule has 0 aliphatic carbocycles. The van der Waals surface area contributed by atoms with Gasteiger partial charge >= 0.3 is 6.03 Å². The largest absolute Gasteiger partial charge is 0.445 e. The van der Waals surface area contributed by atoms with E-state index in [0.717, 1.165) is 10.6 Å². The van der Waals surface area contributed by atoms with Gasteiger partial charge in [-0.15, -0.1) is 0 Å². The maximum Gasteiger partial charge on any atom is 0.344 e. The van der Waals surface area contributed by atoms with Gasteiger partial charge in [-0.05, 0) is 6.08 Å². The Labute approximate surface area is 85.4 Å². The SMILES string of the molecule is O=C1N2CC(c3ncco3)=CC(C2)N1O. The maximum absolute atomic E-state index is 11.4. The van der Waals surface area contributed by atoms with Crippen LogP contribution in [0, 0.1) is 0 Å². The summed E-state index contributed by atoms with van der Waals surface area (Å²) < 4.78 is 5.15.